The molecule has 20 heavy (non-hydrogen) atoms. The van der Waals surface area contributed by atoms with E-state index in [1.165, 1.54) is 30.3 Å². The monoisotopic (exact) mass is 377 g/mol. The molecule has 7 heteroatoms. The second-order valence-corrected chi connectivity index (χ2v) is 7.42. The molecule has 0 saturated heterocycles. The van der Waals surface area contributed by atoms with Gasteiger partial charge in [-0.25, -0.2) is 12.8 Å². The third-order valence-corrected chi connectivity index (χ3v) is 5.25. The maximum atomic E-state index is 13.7. The van der Waals surface area contributed by atoms with Crippen LogP contribution in [0.1, 0.15) is 5.56 Å². The van der Waals surface area contributed by atoms with Gasteiger partial charge in [0.05, 0.1) is 16.3 Å². The van der Waals surface area contributed by atoms with Crippen molar-refractivity contribution in [3.8, 4) is 0 Å². The highest BCUT2D eigenvalue weighted by Gasteiger charge is 2.22. The highest BCUT2D eigenvalue weighted by atomic mass is 79.9. The molecular weight excluding hydrogens is 369 g/mol. The lowest BCUT2D eigenvalue weighted by molar-refractivity contribution is 0.587. The van der Waals surface area contributed by atoms with Gasteiger partial charge < -0.3 is 5.73 Å². The van der Waals surface area contributed by atoms with Crippen LogP contribution in [-0.2, 0) is 15.6 Å². The zero-order valence-corrected chi connectivity index (χ0v) is 13.3. The Labute approximate surface area is 129 Å². The lowest BCUT2D eigenvalue weighted by atomic mass is 10.2. The summed E-state index contributed by atoms with van der Waals surface area (Å²) >= 11 is 9.03. The first-order valence-corrected chi connectivity index (χ1v) is 8.34. The van der Waals surface area contributed by atoms with Gasteiger partial charge in [0.1, 0.15) is 5.82 Å². The highest BCUT2D eigenvalue weighted by molar-refractivity contribution is 9.10. The van der Waals surface area contributed by atoms with Crippen molar-refractivity contribution >= 4 is 43.1 Å². The van der Waals surface area contributed by atoms with Crippen molar-refractivity contribution in [3.63, 3.8) is 0 Å². The van der Waals surface area contributed by atoms with Gasteiger partial charge in [-0.05, 0) is 30.3 Å². The van der Waals surface area contributed by atoms with Crippen molar-refractivity contribution in [2.45, 2.75) is 10.6 Å². The molecule has 2 N–H and O–H groups in total. The van der Waals surface area contributed by atoms with Crippen molar-refractivity contribution in [2.24, 2.45) is 0 Å². The number of sulfone groups is 1. The van der Waals surface area contributed by atoms with Crippen LogP contribution >= 0.6 is 27.5 Å². The minimum Gasteiger partial charge on any atom is -0.398 e. The topological polar surface area (TPSA) is 60.2 Å². The van der Waals surface area contributed by atoms with Gasteiger partial charge in [0.25, 0.3) is 0 Å². The molecule has 0 aliphatic rings. The van der Waals surface area contributed by atoms with Crippen molar-refractivity contribution < 1.29 is 12.8 Å². The summed E-state index contributed by atoms with van der Waals surface area (Å²) in [6, 6.07) is 8.52. The first-order chi connectivity index (χ1) is 9.31. The van der Waals surface area contributed by atoms with Crippen molar-refractivity contribution in [3.05, 3.63) is 57.3 Å². The Hall–Kier alpha value is -1.11. The third kappa shape index (κ3) is 3.13. The number of rotatable bonds is 3. The van der Waals surface area contributed by atoms with E-state index in [0.29, 0.717) is 4.47 Å². The second-order valence-electron chi connectivity index (χ2n) is 4.14. The number of benzene rings is 2. The van der Waals surface area contributed by atoms with E-state index in [0.717, 1.165) is 0 Å². The van der Waals surface area contributed by atoms with Gasteiger partial charge in [-0.2, -0.15) is 0 Å². The molecule has 0 atom stereocenters. The van der Waals surface area contributed by atoms with E-state index in [1.807, 2.05) is 0 Å². The Morgan fingerprint density at radius 2 is 1.95 bits per heavy atom. The number of halogens is 3. The number of hydrogen-bond acceptors (Lipinski definition) is 3. The molecule has 2 aromatic rings. The van der Waals surface area contributed by atoms with E-state index in [-0.39, 0.29) is 21.2 Å². The predicted molar refractivity (Wildman–Crippen MR) is 80.9 cm³/mol. The van der Waals surface area contributed by atoms with Gasteiger partial charge in [-0.15, -0.1) is 0 Å². The van der Waals surface area contributed by atoms with E-state index < -0.39 is 21.4 Å². The molecule has 0 heterocycles. The van der Waals surface area contributed by atoms with Crippen LogP contribution in [-0.4, -0.2) is 8.42 Å². The molecule has 0 aromatic heterocycles. The Kier molecular flexibility index (Phi) is 4.36. The molecule has 0 saturated carbocycles. The van der Waals surface area contributed by atoms with Crippen LogP contribution in [0.5, 0.6) is 0 Å². The fourth-order valence-electron chi connectivity index (χ4n) is 1.72. The molecule has 2 rings (SSSR count). The molecule has 0 fully saturated rings. The largest absolute Gasteiger partial charge is 0.398 e. The summed E-state index contributed by atoms with van der Waals surface area (Å²) in [5.74, 6) is -1.20. The van der Waals surface area contributed by atoms with Crippen LogP contribution in [0, 0.1) is 5.82 Å². The predicted octanol–water partition coefficient (Wildman–Crippen LogP) is 3.80. The van der Waals surface area contributed by atoms with Crippen molar-refractivity contribution in [1.82, 2.24) is 0 Å². The smallest absolute Gasteiger partial charge is 0.184 e. The average molecular weight is 379 g/mol. The second kappa shape index (κ2) is 5.71. The Morgan fingerprint density at radius 3 is 2.60 bits per heavy atom. The first kappa shape index (κ1) is 15.3. The fourth-order valence-corrected chi connectivity index (χ4v) is 4.10. The zero-order chi connectivity index (χ0) is 14.9. The summed E-state index contributed by atoms with van der Waals surface area (Å²) in [5.41, 5.74) is 5.73. The van der Waals surface area contributed by atoms with E-state index in [4.69, 9.17) is 17.3 Å². The molecule has 0 unspecified atom stereocenters. The minimum atomic E-state index is -3.79. The molecule has 106 valence electrons. The molecule has 3 nitrogen and oxygen atoms in total. The van der Waals surface area contributed by atoms with Crippen LogP contribution in [0.25, 0.3) is 0 Å². The van der Waals surface area contributed by atoms with E-state index in [9.17, 15) is 12.8 Å². The molecule has 0 amide bonds. The molecule has 0 aliphatic heterocycles. The minimum absolute atomic E-state index is 0.0498. The number of anilines is 1. The van der Waals surface area contributed by atoms with Crippen molar-refractivity contribution in [2.75, 3.05) is 5.73 Å². The van der Waals surface area contributed by atoms with Gasteiger partial charge in [0.2, 0.25) is 0 Å². The maximum Gasteiger partial charge on any atom is 0.184 e. The number of nitrogens with two attached hydrogens (primary N) is 1. The molecule has 2 aromatic carbocycles. The molecular formula is C13H10BrClFNO2S. The van der Waals surface area contributed by atoms with Gasteiger partial charge in [-0.1, -0.05) is 33.6 Å². The lowest BCUT2D eigenvalue weighted by Gasteiger charge is -2.10. The Balaban J connectivity index is 2.49. The third-order valence-electron chi connectivity index (χ3n) is 2.71. The van der Waals surface area contributed by atoms with Gasteiger partial charge in [-0.3, -0.25) is 0 Å². The van der Waals surface area contributed by atoms with E-state index in [1.54, 1.807) is 6.07 Å². The van der Waals surface area contributed by atoms with Crippen molar-refractivity contribution in [1.29, 1.82) is 0 Å². The van der Waals surface area contributed by atoms with Gasteiger partial charge in [0.15, 0.2) is 9.84 Å². The summed E-state index contributed by atoms with van der Waals surface area (Å²) in [4.78, 5) is -0.0498. The Morgan fingerprint density at radius 1 is 1.25 bits per heavy atom. The van der Waals surface area contributed by atoms with Crippen LogP contribution in [0.3, 0.4) is 0 Å². The average Bonchev–Trinajstić information content (AvgIpc) is 2.37. The summed E-state index contributed by atoms with van der Waals surface area (Å²) in [7, 11) is -3.79. The summed E-state index contributed by atoms with van der Waals surface area (Å²) in [5, 5.41) is 0.0714. The highest BCUT2D eigenvalue weighted by Crippen LogP contribution is 2.29. The lowest BCUT2D eigenvalue weighted by Crippen LogP contribution is -2.09. The maximum absolute atomic E-state index is 13.7. The molecule has 0 spiro atoms. The van der Waals surface area contributed by atoms with Gasteiger partial charge >= 0.3 is 0 Å². The van der Waals surface area contributed by atoms with Crippen LogP contribution in [0.4, 0.5) is 10.1 Å². The summed E-state index contributed by atoms with van der Waals surface area (Å²) < 4.78 is 39.0. The normalized spacial score (nSPS) is 11.6. The molecule has 0 aliphatic carbocycles. The Bertz CT molecular complexity index is 745. The molecule has 0 bridgehead atoms. The summed E-state index contributed by atoms with van der Waals surface area (Å²) in [6.45, 7) is 0. The fraction of sp³-hybridized carbons (Fsp3) is 0.0769. The van der Waals surface area contributed by atoms with Gasteiger partial charge in [0, 0.05) is 15.1 Å². The van der Waals surface area contributed by atoms with Crippen LogP contribution in [0.2, 0.25) is 5.02 Å². The SMILES string of the molecule is Nc1ccc(Br)cc1S(=O)(=O)Cc1c(F)cccc1Cl. The van der Waals surface area contributed by atoms with E-state index in [2.05, 4.69) is 15.9 Å². The van der Waals surface area contributed by atoms with Crippen LogP contribution in [0.15, 0.2) is 45.8 Å². The van der Waals surface area contributed by atoms with E-state index >= 15 is 0 Å². The number of hydrogen-bond donors (Lipinski definition) is 1. The standard InChI is InChI=1S/C13H10BrClFNO2S/c14-8-4-5-12(17)13(6-8)20(18,19)7-9-10(15)2-1-3-11(9)16/h1-6H,7,17H2. The summed E-state index contributed by atoms with van der Waals surface area (Å²) in [6.07, 6.45) is 0. The van der Waals surface area contributed by atoms with Crippen LogP contribution < -0.4 is 5.73 Å². The molecule has 0 radical (unpaired) electrons. The zero-order valence-electron chi connectivity index (χ0n) is 10.1. The first-order valence-electron chi connectivity index (χ1n) is 5.52. The quantitative estimate of drug-likeness (QED) is 0.827. The number of nitrogen functional groups attached to an aromatic ring is 1.